The predicted octanol–water partition coefficient (Wildman–Crippen LogP) is 6.20. The molecular formula is C25H19Cl2N5O. The Morgan fingerprint density at radius 3 is 2.24 bits per heavy atom. The summed E-state index contributed by atoms with van der Waals surface area (Å²) in [6, 6.07) is 22.2. The second kappa shape index (κ2) is 8.73. The average Bonchev–Trinajstić information content (AvgIpc) is 3.22. The fourth-order valence-corrected chi connectivity index (χ4v) is 3.87. The number of amides is 1. The van der Waals surface area contributed by atoms with Gasteiger partial charge in [-0.3, -0.25) is 10.1 Å². The van der Waals surface area contributed by atoms with E-state index in [0.29, 0.717) is 21.6 Å². The number of fused-ring (bicyclic) bond motifs is 1. The second-order valence-corrected chi connectivity index (χ2v) is 8.61. The zero-order chi connectivity index (χ0) is 22.9. The number of rotatable bonds is 4. The van der Waals surface area contributed by atoms with Crippen molar-refractivity contribution >= 4 is 46.7 Å². The highest BCUT2D eigenvalue weighted by molar-refractivity contribution is 6.30. The van der Waals surface area contributed by atoms with E-state index in [9.17, 15) is 4.79 Å². The topological polar surface area (TPSA) is 71.8 Å². The second-order valence-electron chi connectivity index (χ2n) is 7.73. The zero-order valence-electron chi connectivity index (χ0n) is 17.6. The molecule has 2 N–H and O–H groups in total. The quantitative estimate of drug-likeness (QED) is 0.368. The van der Waals surface area contributed by atoms with Crippen molar-refractivity contribution in [1.82, 2.24) is 14.8 Å². The molecule has 1 atom stereocenters. The molecule has 0 spiro atoms. The number of hydrogen-bond donors (Lipinski definition) is 2. The Kier molecular flexibility index (Phi) is 5.62. The van der Waals surface area contributed by atoms with Gasteiger partial charge in [-0.15, -0.1) is 5.10 Å². The summed E-state index contributed by atoms with van der Waals surface area (Å²) in [6.45, 7) is 1.97. The molecule has 0 aliphatic carbocycles. The van der Waals surface area contributed by atoms with Crippen molar-refractivity contribution in [2.24, 2.45) is 0 Å². The van der Waals surface area contributed by atoms with Crippen molar-refractivity contribution in [3.05, 3.63) is 111 Å². The van der Waals surface area contributed by atoms with Crippen LogP contribution in [0.3, 0.4) is 0 Å². The molecular weight excluding hydrogens is 457 g/mol. The number of nitrogens with one attached hydrogen (secondary N) is 2. The zero-order valence-corrected chi connectivity index (χ0v) is 19.1. The molecule has 164 valence electrons. The molecule has 5 rings (SSSR count). The highest BCUT2D eigenvalue weighted by Crippen LogP contribution is 2.34. The van der Waals surface area contributed by atoms with Crippen LogP contribution in [0.1, 0.15) is 33.1 Å². The Morgan fingerprint density at radius 2 is 1.58 bits per heavy atom. The van der Waals surface area contributed by atoms with Gasteiger partial charge < -0.3 is 5.32 Å². The third kappa shape index (κ3) is 4.49. The summed E-state index contributed by atoms with van der Waals surface area (Å²) < 4.78 is 1.74. The number of allylic oxidation sites excluding steroid dienone is 1. The van der Waals surface area contributed by atoms with Gasteiger partial charge in [-0.25, -0.2) is 4.68 Å². The van der Waals surface area contributed by atoms with Crippen molar-refractivity contribution in [2.45, 2.75) is 13.0 Å². The molecule has 3 aromatic carbocycles. The summed E-state index contributed by atoms with van der Waals surface area (Å²) in [5, 5.41) is 12.0. The number of carbonyl (C=O) groups is 1. The average molecular weight is 476 g/mol. The van der Waals surface area contributed by atoms with E-state index in [4.69, 9.17) is 23.2 Å². The van der Waals surface area contributed by atoms with Crippen LogP contribution in [-0.4, -0.2) is 20.7 Å². The standard InChI is InChI=1S/C25H19Cl2N5O/c1-15-2-4-18(5-3-15)23(33)29-24-30-25-28-21(16-6-10-19(26)11-7-16)14-22(32(25)31-24)17-8-12-20(27)13-9-17/h2-14,22H,1H3,(H2,28,29,30,31,33). The fraction of sp³-hybridized carbons (Fsp3) is 0.0800. The minimum atomic E-state index is -0.271. The monoisotopic (exact) mass is 475 g/mol. The first-order chi connectivity index (χ1) is 16.0. The summed E-state index contributed by atoms with van der Waals surface area (Å²) in [6.07, 6.45) is 2.06. The van der Waals surface area contributed by atoms with Gasteiger partial charge >= 0.3 is 0 Å². The molecule has 0 bridgehead atoms. The highest BCUT2D eigenvalue weighted by atomic mass is 35.5. The van der Waals surface area contributed by atoms with Crippen LogP contribution in [0.4, 0.5) is 11.9 Å². The van der Waals surface area contributed by atoms with E-state index in [1.807, 2.05) is 67.6 Å². The fourth-order valence-electron chi connectivity index (χ4n) is 3.62. The molecule has 33 heavy (non-hydrogen) atoms. The molecule has 1 amide bonds. The first kappa shape index (κ1) is 21.2. The van der Waals surface area contributed by atoms with Crippen LogP contribution in [0.25, 0.3) is 5.70 Å². The first-order valence-corrected chi connectivity index (χ1v) is 11.1. The van der Waals surface area contributed by atoms with E-state index in [0.717, 1.165) is 22.4 Å². The summed E-state index contributed by atoms with van der Waals surface area (Å²) in [5.41, 5.74) is 4.42. The lowest BCUT2D eigenvalue weighted by Crippen LogP contribution is -2.20. The molecule has 0 saturated carbocycles. The third-order valence-electron chi connectivity index (χ3n) is 5.37. The Balaban J connectivity index is 1.50. The molecule has 0 saturated heterocycles. The van der Waals surface area contributed by atoms with Crippen LogP contribution in [0.5, 0.6) is 0 Å². The number of nitrogens with zero attached hydrogens (tertiary/aromatic N) is 3. The summed E-state index contributed by atoms with van der Waals surface area (Å²) >= 11 is 12.2. The Hall–Kier alpha value is -3.61. The summed E-state index contributed by atoms with van der Waals surface area (Å²) in [7, 11) is 0. The molecule has 8 heteroatoms. The van der Waals surface area contributed by atoms with Gasteiger partial charge in [0.1, 0.15) is 6.04 Å². The molecule has 2 heterocycles. The van der Waals surface area contributed by atoms with Crippen LogP contribution in [-0.2, 0) is 0 Å². The third-order valence-corrected chi connectivity index (χ3v) is 5.88. The van der Waals surface area contributed by atoms with E-state index < -0.39 is 0 Å². The number of anilines is 2. The minimum Gasteiger partial charge on any atom is -0.324 e. The Bertz CT molecular complexity index is 1340. The van der Waals surface area contributed by atoms with Gasteiger partial charge in [-0.1, -0.05) is 65.2 Å². The van der Waals surface area contributed by atoms with Gasteiger partial charge in [0.05, 0.1) is 0 Å². The summed E-state index contributed by atoms with van der Waals surface area (Å²) in [4.78, 5) is 17.2. The molecule has 0 fully saturated rings. The minimum absolute atomic E-state index is 0.216. The molecule has 0 radical (unpaired) electrons. The van der Waals surface area contributed by atoms with Crippen LogP contribution >= 0.6 is 23.2 Å². The van der Waals surface area contributed by atoms with Crippen LogP contribution < -0.4 is 10.6 Å². The molecule has 1 unspecified atom stereocenters. The van der Waals surface area contributed by atoms with Crippen LogP contribution in [0.2, 0.25) is 10.0 Å². The number of halogens is 2. The maximum absolute atomic E-state index is 12.7. The highest BCUT2D eigenvalue weighted by Gasteiger charge is 2.26. The Labute approximate surface area is 200 Å². The lowest BCUT2D eigenvalue weighted by Gasteiger charge is -2.24. The first-order valence-electron chi connectivity index (χ1n) is 10.3. The van der Waals surface area contributed by atoms with E-state index in [-0.39, 0.29) is 17.9 Å². The van der Waals surface area contributed by atoms with Crippen LogP contribution in [0.15, 0.2) is 78.9 Å². The number of aryl methyl sites for hydroxylation is 1. The van der Waals surface area contributed by atoms with Crippen molar-refractivity contribution < 1.29 is 4.79 Å². The van der Waals surface area contributed by atoms with Gasteiger partial charge in [-0.05, 0) is 60.5 Å². The lowest BCUT2D eigenvalue weighted by molar-refractivity contribution is 0.102. The van der Waals surface area contributed by atoms with Crippen molar-refractivity contribution in [3.8, 4) is 0 Å². The van der Waals surface area contributed by atoms with Crippen molar-refractivity contribution in [2.75, 3.05) is 10.6 Å². The largest absolute Gasteiger partial charge is 0.324 e. The van der Waals surface area contributed by atoms with Gasteiger partial charge in [0, 0.05) is 21.3 Å². The molecule has 1 aromatic heterocycles. The normalized spacial score (nSPS) is 14.8. The number of carbonyl (C=O) groups excluding carboxylic acids is 1. The summed E-state index contributed by atoms with van der Waals surface area (Å²) in [5.74, 6) is 0.460. The van der Waals surface area contributed by atoms with E-state index in [1.54, 1.807) is 16.8 Å². The van der Waals surface area contributed by atoms with Gasteiger partial charge in [0.15, 0.2) is 0 Å². The Morgan fingerprint density at radius 1 is 0.939 bits per heavy atom. The lowest BCUT2D eigenvalue weighted by atomic mass is 10.0. The van der Waals surface area contributed by atoms with E-state index in [2.05, 4.69) is 26.8 Å². The van der Waals surface area contributed by atoms with Crippen molar-refractivity contribution in [3.63, 3.8) is 0 Å². The number of benzene rings is 3. The SMILES string of the molecule is Cc1ccc(C(=O)Nc2nc3n(n2)C(c2ccc(Cl)cc2)C=C(c2ccc(Cl)cc2)N3)cc1. The predicted molar refractivity (Wildman–Crippen MR) is 132 cm³/mol. The molecule has 6 nitrogen and oxygen atoms in total. The maximum atomic E-state index is 12.7. The van der Waals surface area contributed by atoms with Gasteiger partial charge in [0.2, 0.25) is 5.95 Å². The number of aromatic nitrogens is 3. The van der Waals surface area contributed by atoms with E-state index in [1.165, 1.54) is 0 Å². The molecule has 1 aliphatic rings. The van der Waals surface area contributed by atoms with E-state index >= 15 is 0 Å². The van der Waals surface area contributed by atoms with Gasteiger partial charge in [0.25, 0.3) is 11.9 Å². The molecule has 1 aliphatic heterocycles. The number of hydrogen-bond acceptors (Lipinski definition) is 4. The maximum Gasteiger partial charge on any atom is 0.258 e. The van der Waals surface area contributed by atoms with Crippen LogP contribution in [0, 0.1) is 6.92 Å². The smallest absolute Gasteiger partial charge is 0.258 e. The van der Waals surface area contributed by atoms with Gasteiger partial charge in [-0.2, -0.15) is 4.98 Å². The molecule has 4 aromatic rings. The van der Waals surface area contributed by atoms with Crippen molar-refractivity contribution in [1.29, 1.82) is 0 Å².